The molecule has 82 valence electrons. The van der Waals surface area contributed by atoms with Crippen LogP contribution in [0.3, 0.4) is 0 Å². The molecule has 2 rings (SSSR count). The summed E-state index contributed by atoms with van der Waals surface area (Å²) in [4.78, 5) is 0. The van der Waals surface area contributed by atoms with E-state index in [-0.39, 0.29) is 5.75 Å². The zero-order valence-electron chi connectivity index (χ0n) is 8.97. The highest BCUT2D eigenvalue weighted by Gasteiger charge is 2.02. The average Bonchev–Trinajstić information content (AvgIpc) is 2.33. The van der Waals surface area contributed by atoms with Gasteiger partial charge in [-0.25, -0.2) is 0 Å². The maximum atomic E-state index is 9.48. The summed E-state index contributed by atoms with van der Waals surface area (Å²) in [6, 6.07) is 14.6. The molecule has 16 heavy (non-hydrogen) atoms. The molecule has 0 heterocycles. The minimum atomic E-state index is 0.211. The first kappa shape index (κ1) is 10.4. The van der Waals surface area contributed by atoms with E-state index in [1.165, 1.54) is 0 Å². The van der Waals surface area contributed by atoms with Crippen LogP contribution in [0.4, 0.5) is 5.69 Å². The molecule has 0 spiro atoms. The van der Waals surface area contributed by atoms with Gasteiger partial charge in [-0.3, -0.25) is 0 Å². The van der Waals surface area contributed by atoms with Gasteiger partial charge in [-0.05, 0) is 24.3 Å². The number of aromatic hydroxyl groups is 1. The molecule has 0 radical (unpaired) electrons. The maximum Gasteiger partial charge on any atom is 0.138 e. The lowest BCUT2D eigenvalue weighted by molar-refractivity contribution is 0.466. The molecule has 0 aromatic heterocycles. The third-order valence-corrected chi connectivity index (χ3v) is 2.22. The number of para-hydroxylation sites is 1. The molecule has 0 bridgehead atoms. The Kier molecular flexibility index (Phi) is 2.96. The maximum absolute atomic E-state index is 9.48. The lowest BCUT2D eigenvalue weighted by Crippen LogP contribution is -1.90. The highest BCUT2D eigenvalue weighted by molar-refractivity contribution is 5.58. The van der Waals surface area contributed by atoms with Gasteiger partial charge in [0.25, 0.3) is 0 Å². The predicted molar refractivity (Wildman–Crippen MR) is 64.2 cm³/mol. The van der Waals surface area contributed by atoms with E-state index in [1.54, 1.807) is 25.2 Å². The first-order valence-electron chi connectivity index (χ1n) is 5.03. The summed E-state index contributed by atoms with van der Waals surface area (Å²) in [5, 5.41) is 12.4. The minimum Gasteiger partial charge on any atom is -0.506 e. The number of rotatable bonds is 3. The van der Waals surface area contributed by atoms with Crippen LogP contribution in [0.15, 0.2) is 48.5 Å². The third kappa shape index (κ3) is 2.25. The molecular formula is C13H13NO2. The fourth-order valence-corrected chi connectivity index (χ4v) is 1.40. The van der Waals surface area contributed by atoms with E-state index in [0.717, 1.165) is 5.75 Å². The van der Waals surface area contributed by atoms with Gasteiger partial charge in [-0.15, -0.1) is 0 Å². The van der Waals surface area contributed by atoms with Crippen molar-refractivity contribution in [3.8, 4) is 17.2 Å². The summed E-state index contributed by atoms with van der Waals surface area (Å²) in [6.45, 7) is 0. The normalized spacial score (nSPS) is 9.81. The second-order valence-electron chi connectivity index (χ2n) is 3.34. The van der Waals surface area contributed by atoms with Crippen LogP contribution in [0.1, 0.15) is 0 Å². The summed E-state index contributed by atoms with van der Waals surface area (Å²) in [5.74, 6) is 1.67. The Bertz CT molecular complexity index is 469. The molecule has 0 saturated carbocycles. The van der Waals surface area contributed by atoms with Crippen LogP contribution in [0.25, 0.3) is 0 Å². The lowest BCUT2D eigenvalue weighted by Gasteiger charge is -2.08. The van der Waals surface area contributed by atoms with E-state index < -0.39 is 0 Å². The van der Waals surface area contributed by atoms with Crippen LogP contribution >= 0.6 is 0 Å². The molecule has 2 aromatic carbocycles. The molecule has 2 N–H and O–H groups in total. The third-order valence-electron chi connectivity index (χ3n) is 2.22. The number of hydrogen-bond acceptors (Lipinski definition) is 3. The van der Waals surface area contributed by atoms with E-state index in [1.807, 2.05) is 30.3 Å². The van der Waals surface area contributed by atoms with Crippen LogP contribution in [0.2, 0.25) is 0 Å². The molecule has 0 saturated heterocycles. The van der Waals surface area contributed by atoms with E-state index in [0.29, 0.717) is 11.4 Å². The quantitative estimate of drug-likeness (QED) is 0.772. The minimum absolute atomic E-state index is 0.211. The van der Waals surface area contributed by atoms with Crippen LogP contribution < -0.4 is 10.1 Å². The summed E-state index contributed by atoms with van der Waals surface area (Å²) in [6.07, 6.45) is 0. The molecule has 0 aliphatic rings. The van der Waals surface area contributed by atoms with Gasteiger partial charge < -0.3 is 15.2 Å². The number of phenols is 1. The van der Waals surface area contributed by atoms with Gasteiger partial charge in [0.1, 0.15) is 17.2 Å². The number of anilines is 1. The molecule has 0 aliphatic heterocycles. The second-order valence-corrected chi connectivity index (χ2v) is 3.34. The molecule has 0 amide bonds. The van der Waals surface area contributed by atoms with Crippen molar-refractivity contribution in [2.75, 3.05) is 12.4 Å². The average molecular weight is 215 g/mol. The number of hydrogen-bond donors (Lipinski definition) is 2. The van der Waals surface area contributed by atoms with Gasteiger partial charge in [-0.2, -0.15) is 0 Å². The Labute approximate surface area is 94.3 Å². The fraction of sp³-hybridized carbons (Fsp3) is 0.0769. The van der Waals surface area contributed by atoms with Crippen molar-refractivity contribution >= 4 is 5.69 Å². The van der Waals surface area contributed by atoms with E-state index in [4.69, 9.17) is 4.74 Å². The van der Waals surface area contributed by atoms with Crippen molar-refractivity contribution in [2.45, 2.75) is 0 Å². The monoisotopic (exact) mass is 215 g/mol. The van der Waals surface area contributed by atoms with Gasteiger partial charge in [0.05, 0.1) is 5.69 Å². The van der Waals surface area contributed by atoms with E-state index in [2.05, 4.69) is 5.32 Å². The Hall–Kier alpha value is -2.16. The van der Waals surface area contributed by atoms with Gasteiger partial charge in [0.15, 0.2) is 0 Å². The summed E-state index contributed by atoms with van der Waals surface area (Å²) in [5.41, 5.74) is 0.647. The number of nitrogens with one attached hydrogen (secondary N) is 1. The topological polar surface area (TPSA) is 41.5 Å². The first-order valence-corrected chi connectivity index (χ1v) is 5.03. The Morgan fingerprint density at radius 3 is 2.44 bits per heavy atom. The number of ether oxygens (including phenoxy) is 1. The standard InChI is InChI=1S/C13H13NO2/c1-14-12-9-11(7-8-13(12)15)16-10-5-3-2-4-6-10/h2-9,14-15H,1H3. The molecule has 0 aliphatic carbocycles. The van der Waals surface area contributed by atoms with Gasteiger partial charge in [-0.1, -0.05) is 18.2 Å². The molecule has 0 atom stereocenters. The number of benzene rings is 2. The molecule has 3 heteroatoms. The first-order chi connectivity index (χ1) is 7.79. The highest BCUT2D eigenvalue weighted by Crippen LogP contribution is 2.30. The van der Waals surface area contributed by atoms with Crippen molar-refractivity contribution in [3.63, 3.8) is 0 Å². The Balaban J connectivity index is 2.22. The second kappa shape index (κ2) is 4.57. The molecule has 3 nitrogen and oxygen atoms in total. The summed E-state index contributed by atoms with van der Waals surface area (Å²) < 4.78 is 5.62. The number of phenolic OH excluding ortho intramolecular Hbond substituents is 1. The van der Waals surface area contributed by atoms with Gasteiger partial charge in [0, 0.05) is 13.1 Å². The van der Waals surface area contributed by atoms with E-state index in [9.17, 15) is 5.11 Å². The van der Waals surface area contributed by atoms with Crippen LogP contribution in [-0.4, -0.2) is 12.2 Å². The SMILES string of the molecule is CNc1cc(Oc2ccccc2)ccc1O. The van der Waals surface area contributed by atoms with Gasteiger partial charge in [0.2, 0.25) is 0 Å². The van der Waals surface area contributed by atoms with Crippen molar-refractivity contribution < 1.29 is 9.84 Å². The lowest BCUT2D eigenvalue weighted by atomic mass is 10.2. The zero-order chi connectivity index (χ0) is 11.4. The predicted octanol–water partition coefficient (Wildman–Crippen LogP) is 3.23. The Morgan fingerprint density at radius 1 is 1.00 bits per heavy atom. The Morgan fingerprint density at radius 2 is 1.75 bits per heavy atom. The van der Waals surface area contributed by atoms with Crippen molar-refractivity contribution in [3.05, 3.63) is 48.5 Å². The molecule has 0 unspecified atom stereocenters. The highest BCUT2D eigenvalue weighted by atomic mass is 16.5. The summed E-state index contributed by atoms with van der Waals surface area (Å²) in [7, 11) is 1.75. The molecule has 0 fully saturated rings. The van der Waals surface area contributed by atoms with Crippen molar-refractivity contribution in [2.24, 2.45) is 0 Å². The smallest absolute Gasteiger partial charge is 0.138 e. The van der Waals surface area contributed by atoms with Crippen LogP contribution in [-0.2, 0) is 0 Å². The fourth-order valence-electron chi connectivity index (χ4n) is 1.40. The van der Waals surface area contributed by atoms with Gasteiger partial charge >= 0.3 is 0 Å². The largest absolute Gasteiger partial charge is 0.506 e. The summed E-state index contributed by atoms with van der Waals surface area (Å²) >= 11 is 0. The van der Waals surface area contributed by atoms with Crippen LogP contribution in [0.5, 0.6) is 17.2 Å². The van der Waals surface area contributed by atoms with Crippen molar-refractivity contribution in [1.29, 1.82) is 0 Å². The molecule has 2 aromatic rings. The van der Waals surface area contributed by atoms with Crippen LogP contribution in [0, 0.1) is 0 Å². The van der Waals surface area contributed by atoms with Crippen molar-refractivity contribution in [1.82, 2.24) is 0 Å². The molecular weight excluding hydrogens is 202 g/mol. The van der Waals surface area contributed by atoms with E-state index >= 15 is 0 Å². The zero-order valence-corrected chi connectivity index (χ0v) is 8.97.